The largest absolute Gasteiger partial charge is 0.478 e. The fourth-order valence-electron chi connectivity index (χ4n) is 2.15. The summed E-state index contributed by atoms with van der Waals surface area (Å²) in [4.78, 5) is 33.7. The number of benzene rings is 2. The van der Waals surface area contributed by atoms with E-state index in [1.807, 2.05) is 0 Å². The Morgan fingerprint density at radius 3 is 2.62 bits per heavy atom. The summed E-state index contributed by atoms with van der Waals surface area (Å²) in [5.41, 5.74) is -0.811. The SMILES string of the molecule is O=C(O)c1cccc2c(=O)c3cc([N+](=O)[O-])ccc3oc12. The van der Waals surface area contributed by atoms with Crippen LogP contribution in [0.2, 0.25) is 0 Å². The van der Waals surface area contributed by atoms with Gasteiger partial charge in [-0.1, -0.05) is 6.07 Å². The van der Waals surface area contributed by atoms with Crippen molar-refractivity contribution in [1.82, 2.24) is 0 Å². The van der Waals surface area contributed by atoms with Crippen LogP contribution in [0, 0.1) is 10.1 Å². The molecule has 7 heteroatoms. The smallest absolute Gasteiger partial charge is 0.339 e. The van der Waals surface area contributed by atoms with Crippen molar-refractivity contribution >= 4 is 33.6 Å². The van der Waals surface area contributed by atoms with Crippen molar-refractivity contribution in [3.63, 3.8) is 0 Å². The number of hydrogen-bond donors (Lipinski definition) is 1. The number of carbonyl (C=O) groups is 1. The van der Waals surface area contributed by atoms with Crippen molar-refractivity contribution in [2.45, 2.75) is 0 Å². The van der Waals surface area contributed by atoms with Gasteiger partial charge in [0, 0.05) is 12.1 Å². The number of nitro groups is 1. The van der Waals surface area contributed by atoms with Gasteiger partial charge in [-0.05, 0) is 18.2 Å². The van der Waals surface area contributed by atoms with Gasteiger partial charge in [-0.25, -0.2) is 4.79 Å². The molecule has 0 aliphatic rings. The zero-order valence-corrected chi connectivity index (χ0v) is 10.4. The van der Waals surface area contributed by atoms with Crippen LogP contribution < -0.4 is 5.43 Å². The third kappa shape index (κ3) is 1.91. The lowest BCUT2D eigenvalue weighted by molar-refractivity contribution is -0.384. The Bertz CT molecular complexity index is 966. The quantitative estimate of drug-likeness (QED) is 0.440. The van der Waals surface area contributed by atoms with Crippen LogP contribution in [0.5, 0.6) is 0 Å². The minimum atomic E-state index is -1.22. The molecule has 0 radical (unpaired) electrons. The summed E-state index contributed by atoms with van der Waals surface area (Å²) in [5, 5.41) is 20.0. The molecule has 1 heterocycles. The molecule has 1 N–H and O–H groups in total. The van der Waals surface area contributed by atoms with Gasteiger partial charge in [-0.3, -0.25) is 14.9 Å². The zero-order chi connectivity index (χ0) is 15.1. The maximum absolute atomic E-state index is 12.4. The summed E-state index contributed by atoms with van der Waals surface area (Å²) in [7, 11) is 0. The van der Waals surface area contributed by atoms with E-state index in [0.717, 1.165) is 6.07 Å². The fraction of sp³-hybridized carbons (Fsp3) is 0. The Morgan fingerprint density at radius 2 is 1.95 bits per heavy atom. The lowest BCUT2D eigenvalue weighted by Gasteiger charge is -2.03. The molecular formula is C14H7NO6. The minimum absolute atomic E-state index is 0.0410. The van der Waals surface area contributed by atoms with Gasteiger partial charge in [0.25, 0.3) is 5.69 Å². The summed E-state index contributed by atoms with van der Waals surface area (Å²) in [5.74, 6) is -1.22. The molecule has 0 aliphatic heterocycles. The van der Waals surface area contributed by atoms with E-state index >= 15 is 0 Å². The summed E-state index contributed by atoms with van der Waals surface area (Å²) >= 11 is 0. The monoisotopic (exact) mass is 285 g/mol. The molecule has 21 heavy (non-hydrogen) atoms. The molecule has 2 aromatic carbocycles. The maximum atomic E-state index is 12.4. The summed E-state index contributed by atoms with van der Waals surface area (Å²) in [6.07, 6.45) is 0. The van der Waals surface area contributed by atoms with Crippen molar-refractivity contribution < 1.29 is 19.2 Å². The Hall–Kier alpha value is -3.22. The molecule has 0 bridgehead atoms. The molecule has 1 aromatic heterocycles. The summed E-state index contributed by atoms with van der Waals surface area (Å²) in [6, 6.07) is 7.77. The molecule has 7 nitrogen and oxygen atoms in total. The second-order valence-corrected chi connectivity index (χ2v) is 4.36. The summed E-state index contributed by atoms with van der Waals surface area (Å²) < 4.78 is 5.45. The highest BCUT2D eigenvalue weighted by molar-refractivity contribution is 6.03. The van der Waals surface area contributed by atoms with E-state index in [-0.39, 0.29) is 33.2 Å². The number of aromatic carboxylic acids is 1. The van der Waals surface area contributed by atoms with E-state index < -0.39 is 16.3 Å². The Balaban J connectivity index is 2.49. The molecule has 0 atom stereocenters. The van der Waals surface area contributed by atoms with Crippen LogP contribution >= 0.6 is 0 Å². The Labute approximate surface area is 116 Å². The zero-order valence-electron chi connectivity index (χ0n) is 10.4. The predicted octanol–water partition coefficient (Wildman–Crippen LogP) is 2.55. The number of rotatable bonds is 2. The molecule has 0 saturated carbocycles. The van der Waals surface area contributed by atoms with Crippen molar-refractivity contribution in [2.75, 3.05) is 0 Å². The minimum Gasteiger partial charge on any atom is -0.478 e. The van der Waals surface area contributed by atoms with E-state index in [4.69, 9.17) is 9.52 Å². The van der Waals surface area contributed by atoms with E-state index in [9.17, 15) is 19.7 Å². The lowest BCUT2D eigenvalue weighted by atomic mass is 10.1. The summed E-state index contributed by atoms with van der Waals surface area (Å²) in [6.45, 7) is 0. The molecule has 0 aliphatic carbocycles. The molecule has 0 amide bonds. The first-order chi connectivity index (χ1) is 9.99. The Kier molecular flexibility index (Phi) is 2.69. The van der Waals surface area contributed by atoms with Crippen molar-refractivity contribution in [2.24, 2.45) is 0 Å². The van der Waals surface area contributed by atoms with Crippen LogP contribution in [0.3, 0.4) is 0 Å². The van der Waals surface area contributed by atoms with Crippen LogP contribution in [-0.2, 0) is 0 Å². The molecule has 3 rings (SSSR count). The first-order valence-corrected chi connectivity index (χ1v) is 5.86. The fourth-order valence-corrected chi connectivity index (χ4v) is 2.15. The highest BCUT2D eigenvalue weighted by Crippen LogP contribution is 2.24. The van der Waals surface area contributed by atoms with Gasteiger partial charge in [0.2, 0.25) is 5.43 Å². The number of nitrogens with zero attached hydrogens (tertiary/aromatic N) is 1. The van der Waals surface area contributed by atoms with Gasteiger partial charge < -0.3 is 9.52 Å². The maximum Gasteiger partial charge on any atom is 0.339 e. The third-order valence-electron chi connectivity index (χ3n) is 3.12. The van der Waals surface area contributed by atoms with Crippen LogP contribution in [0.25, 0.3) is 21.9 Å². The molecular weight excluding hydrogens is 278 g/mol. The third-order valence-corrected chi connectivity index (χ3v) is 3.12. The number of carboxylic acid groups (broad SMARTS) is 1. The van der Waals surface area contributed by atoms with Gasteiger partial charge in [-0.15, -0.1) is 0 Å². The van der Waals surface area contributed by atoms with Crippen LogP contribution in [0.15, 0.2) is 45.6 Å². The van der Waals surface area contributed by atoms with Gasteiger partial charge in [0.15, 0.2) is 5.58 Å². The normalized spacial score (nSPS) is 10.9. The first-order valence-electron chi connectivity index (χ1n) is 5.86. The average molecular weight is 285 g/mol. The second-order valence-electron chi connectivity index (χ2n) is 4.36. The first kappa shape index (κ1) is 12.8. The highest BCUT2D eigenvalue weighted by atomic mass is 16.6. The number of carboxylic acids is 1. The number of nitro benzene ring substituents is 1. The van der Waals surface area contributed by atoms with Crippen molar-refractivity contribution in [1.29, 1.82) is 0 Å². The molecule has 104 valence electrons. The van der Waals surface area contributed by atoms with Gasteiger partial charge in [0.05, 0.1) is 15.7 Å². The molecule has 3 aromatic rings. The predicted molar refractivity (Wildman–Crippen MR) is 73.6 cm³/mol. The molecule has 0 spiro atoms. The topological polar surface area (TPSA) is 111 Å². The molecule has 0 saturated heterocycles. The van der Waals surface area contributed by atoms with Gasteiger partial charge in [-0.2, -0.15) is 0 Å². The number of non-ortho nitro benzene ring substituents is 1. The van der Waals surface area contributed by atoms with E-state index in [1.165, 1.54) is 30.3 Å². The lowest BCUT2D eigenvalue weighted by Crippen LogP contribution is -2.06. The van der Waals surface area contributed by atoms with Gasteiger partial charge in [0.1, 0.15) is 11.1 Å². The van der Waals surface area contributed by atoms with Crippen LogP contribution in [-0.4, -0.2) is 16.0 Å². The number of para-hydroxylation sites is 1. The molecule has 0 fully saturated rings. The molecule has 0 unspecified atom stereocenters. The van der Waals surface area contributed by atoms with E-state index in [1.54, 1.807) is 0 Å². The van der Waals surface area contributed by atoms with Crippen molar-refractivity contribution in [3.05, 3.63) is 62.3 Å². The van der Waals surface area contributed by atoms with E-state index in [0.29, 0.717) is 0 Å². The average Bonchev–Trinajstić information content (AvgIpc) is 2.46. The Morgan fingerprint density at radius 1 is 1.19 bits per heavy atom. The highest BCUT2D eigenvalue weighted by Gasteiger charge is 2.16. The van der Waals surface area contributed by atoms with E-state index in [2.05, 4.69) is 0 Å². The number of fused-ring (bicyclic) bond motifs is 2. The van der Waals surface area contributed by atoms with Crippen LogP contribution in [0.4, 0.5) is 5.69 Å². The standard InChI is InChI=1S/C14H7NO6/c16-12-8-2-1-3-9(14(17)18)13(8)21-11-5-4-7(15(19)20)6-10(11)12/h1-6H,(H,17,18). The second kappa shape index (κ2) is 4.41. The van der Waals surface area contributed by atoms with Crippen molar-refractivity contribution in [3.8, 4) is 0 Å². The number of hydrogen-bond acceptors (Lipinski definition) is 5. The van der Waals surface area contributed by atoms with Crippen LogP contribution in [0.1, 0.15) is 10.4 Å². The van der Waals surface area contributed by atoms with Gasteiger partial charge >= 0.3 is 5.97 Å².